The van der Waals surface area contributed by atoms with E-state index in [0.717, 1.165) is 11.4 Å². The average molecular weight is 367 g/mol. The zero-order valence-corrected chi connectivity index (χ0v) is 16.3. The number of alkyl halides is 1. The lowest BCUT2D eigenvalue weighted by molar-refractivity contribution is -0.132. The minimum absolute atomic E-state index is 0.00303. The van der Waals surface area contributed by atoms with Gasteiger partial charge in [0.05, 0.1) is 30.9 Å². The van der Waals surface area contributed by atoms with Crippen LogP contribution in [0.15, 0.2) is 17.7 Å². The molecular weight excluding hydrogens is 340 g/mol. The molecule has 1 aliphatic heterocycles. The normalized spacial score (nSPS) is 20.0. The fourth-order valence-corrected chi connectivity index (χ4v) is 3.39. The number of aromatic amines is 1. The number of amides is 1. The van der Waals surface area contributed by atoms with Gasteiger partial charge >= 0.3 is 0 Å². The Balaban J connectivity index is 1.75. The summed E-state index contributed by atoms with van der Waals surface area (Å²) in [5.74, 6) is -0.756. The van der Waals surface area contributed by atoms with Gasteiger partial charge in [-0.15, -0.1) is 0 Å². The molecule has 1 aromatic heterocycles. The molecule has 1 saturated carbocycles. The number of nitrogens with one attached hydrogen (secondary N) is 1. The molecule has 2 unspecified atom stereocenters. The SMILES string of the molecule is C/C(=C(\OCC(C)(C)C1CC1)C(=O)N1CCc2nc[nH]c2C1)C(F)P. The van der Waals surface area contributed by atoms with Crippen molar-refractivity contribution in [3.8, 4) is 0 Å². The van der Waals surface area contributed by atoms with Gasteiger partial charge in [0, 0.05) is 24.0 Å². The van der Waals surface area contributed by atoms with Gasteiger partial charge < -0.3 is 14.6 Å². The number of aromatic nitrogens is 2. The van der Waals surface area contributed by atoms with Crippen molar-refractivity contribution in [1.29, 1.82) is 0 Å². The van der Waals surface area contributed by atoms with Crippen LogP contribution in [0.1, 0.15) is 45.0 Å². The van der Waals surface area contributed by atoms with E-state index in [1.807, 2.05) is 0 Å². The van der Waals surface area contributed by atoms with E-state index in [4.69, 9.17) is 4.74 Å². The van der Waals surface area contributed by atoms with Crippen molar-refractivity contribution in [2.75, 3.05) is 13.2 Å². The Bertz CT molecular complexity index is 680. The highest BCUT2D eigenvalue weighted by atomic mass is 31.0. The molecule has 1 aromatic rings. The van der Waals surface area contributed by atoms with E-state index in [1.54, 1.807) is 18.2 Å². The molecule has 0 radical (unpaired) electrons. The number of rotatable bonds is 6. The topological polar surface area (TPSA) is 58.2 Å². The highest BCUT2D eigenvalue weighted by Crippen LogP contribution is 2.45. The third-order valence-electron chi connectivity index (χ3n) is 5.30. The highest BCUT2D eigenvalue weighted by molar-refractivity contribution is 7.17. The summed E-state index contributed by atoms with van der Waals surface area (Å²) in [5, 5.41) is 0. The van der Waals surface area contributed by atoms with E-state index in [9.17, 15) is 9.18 Å². The van der Waals surface area contributed by atoms with Gasteiger partial charge in [-0.2, -0.15) is 0 Å². The van der Waals surface area contributed by atoms with Crippen LogP contribution in [0.2, 0.25) is 0 Å². The number of H-pyrrole nitrogens is 1. The molecule has 2 aliphatic rings. The first-order valence-corrected chi connectivity index (χ1v) is 9.50. The molecule has 5 nitrogen and oxygen atoms in total. The predicted octanol–water partition coefficient (Wildman–Crippen LogP) is 3.19. The summed E-state index contributed by atoms with van der Waals surface area (Å²) in [5.41, 5.74) is 2.27. The summed E-state index contributed by atoms with van der Waals surface area (Å²) in [6, 6.07) is 0. The van der Waals surface area contributed by atoms with E-state index in [2.05, 4.69) is 33.1 Å². The Morgan fingerprint density at radius 3 is 2.92 bits per heavy atom. The molecule has 3 rings (SSSR count). The number of hydrogen-bond donors (Lipinski definition) is 1. The van der Waals surface area contributed by atoms with Crippen molar-refractivity contribution in [3.63, 3.8) is 0 Å². The summed E-state index contributed by atoms with van der Waals surface area (Å²) in [6.07, 6.45) is 4.75. The van der Waals surface area contributed by atoms with Crippen LogP contribution < -0.4 is 0 Å². The fourth-order valence-electron chi connectivity index (χ4n) is 3.24. The van der Waals surface area contributed by atoms with Gasteiger partial charge in [-0.3, -0.25) is 4.79 Å². The monoisotopic (exact) mass is 367 g/mol. The first-order valence-electron chi connectivity index (χ1n) is 8.83. The maximum absolute atomic E-state index is 13.9. The molecule has 1 amide bonds. The largest absolute Gasteiger partial charge is 0.487 e. The van der Waals surface area contributed by atoms with Gasteiger partial charge in [-0.1, -0.05) is 23.1 Å². The molecular formula is C18H27FN3O2P. The minimum atomic E-state index is -1.30. The molecule has 25 heavy (non-hydrogen) atoms. The van der Waals surface area contributed by atoms with Gasteiger partial charge in [-0.25, -0.2) is 9.37 Å². The molecule has 0 aromatic carbocycles. The van der Waals surface area contributed by atoms with Crippen LogP contribution in [0.4, 0.5) is 4.39 Å². The Morgan fingerprint density at radius 2 is 2.28 bits per heavy atom. The predicted molar refractivity (Wildman–Crippen MR) is 97.5 cm³/mol. The molecule has 0 spiro atoms. The molecule has 1 aliphatic carbocycles. The van der Waals surface area contributed by atoms with Crippen LogP contribution >= 0.6 is 9.24 Å². The zero-order valence-electron chi connectivity index (χ0n) is 15.1. The smallest absolute Gasteiger partial charge is 0.289 e. The van der Waals surface area contributed by atoms with Crippen molar-refractivity contribution < 1.29 is 13.9 Å². The summed E-state index contributed by atoms with van der Waals surface area (Å²) in [7, 11) is 2.10. The van der Waals surface area contributed by atoms with Crippen LogP contribution in [-0.2, 0) is 22.5 Å². The second kappa shape index (κ2) is 7.06. The van der Waals surface area contributed by atoms with Crippen molar-refractivity contribution in [2.24, 2.45) is 11.3 Å². The van der Waals surface area contributed by atoms with Crippen LogP contribution in [0.25, 0.3) is 0 Å². The molecule has 1 fully saturated rings. The lowest BCUT2D eigenvalue weighted by Crippen LogP contribution is -2.38. The number of ether oxygens (including phenoxy) is 1. The summed E-state index contributed by atoms with van der Waals surface area (Å²) >= 11 is 0. The zero-order chi connectivity index (χ0) is 18.2. The third kappa shape index (κ3) is 4.05. The standard InChI is InChI=1S/C18H27FN3O2P/c1-11(16(19)25)15(24-9-18(2,3)12-4-5-12)17(23)22-7-6-13-14(8-22)21-10-20-13/h10,12,16H,4-9,25H2,1-3H3,(H,20,21)/b15-11+. The summed E-state index contributed by atoms with van der Waals surface area (Å²) in [4.78, 5) is 22.0. The van der Waals surface area contributed by atoms with E-state index in [-0.39, 0.29) is 17.1 Å². The maximum atomic E-state index is 13.9. The first-order chi connectivity index (χ1) is 11.8. The van der Waals surface area contributed by atoms with Crippen LogP contribution in [0.3, 0.4) is 0 Å². The Labute approximate surface area is 150 Å². The van der Waals surface area contributed by atoms with Gasteiger partial charge in [0.1, 0.15) is 5.91 Å². The van der Waals surface area contributed by atoms with Gasteiger partial charge in [0.2, 0.25) is 0 Å². The Hall–Kier alpha value is -1.42. The molecule has 0 saturated heterocycles. The van der Waals surface area contributed by atoms with Crippen molar-refractivity contribution in [1.82, 2.24) is 14.9 Å². The maximum Gasteiger partial charge on any atom is 0.289 e. The second-order valence-corrected chi connectivity index (χ2v) is 8.36. The van der Waals surface area contributed by atoms with Gasteiger partial charge in [-0.05, 0) is 25.7 Å². The number of imidazole rings is 1. The first kappa shape index (κ1) is 18.4. The number of nitrogens with zero attached hydrogens (tertiary/aromatic N) is 2. The number of carbonyl (C=O) groups is 1. The Morgan fingerprint density at radius 1 is 1.56 bits per heavy atom. The number of fused-ring (bicyclic) bond motifs is 1. The van der Waals surface area contributed by atoms with Gasteiger partial charge in [0.25, 0.3) is 5.91 Å². The number of allylic oxidation sites excluding steroid dienone is 1. The molecule has 2 heterocycles. The molecule has 138 valence electrons. The van der Waals surface area contributed by atoms with Gasteiger partial charge in [0.15, 0.2) is 5.76 Å². The highest BCUT2D eigenvalue weighted by Gasteiger charge is 2.39. The van der Waals surface area contributed by atoms with Crippen molar-refractivity contribution in [3.05, 3.63) is 29.0 Å². The van der Waals surface area contributed by atoms with Crippen LogP contribution in [0.5, 0.6) is 0 Å². The quantitative estimate of drug-likeness (QED) is 0.477. The van der Waals surface area contributed by atoms with E-state index in [1.165, 1.54) is 12.8 Å². The van der Waals surface area contributed by atoms with E-state index in [0.29, 0.717) is 37.6 Å². The van der Waals surface area contributed by atoms with E-state index >= 15 is 0 Å². The lowest BCUT2D eigenvalue weighted by Gasteiger charge is -2.30. The summed E-state index contributed by atoms with van der Waals surface area (Å²) in [6.45, 7) is 7.36. The number of hydrogen-bond acceptors (Lipinski definition) is 3. The Kier molecular flexibility index (Phi) is 5.19. The molecule has 1 N–H and O–H groups in total. The number of carbonyl (C=O) groups excluding carboxylic acids is 1. The lowest BCUT2D eigenvalue weighted by atomic mass is 9.88. The summed E-state index contributed by atoms with van der Waals surface area (Å²) < 4.78 is 19.8. The number of halogens is 1. The molecule has 2 atom stereocenters. The third-order valence-corrected chi connectivity index (χ3v) is 5.80. The molecule has 0 bridgehead atoms. The minimum Gasteiger partial charge on any atom is -0.487 e. The van der Waals surface area contributed by atoms with Crippen molar-refractivity contribution in [2.45, 2.75) is 52.5 Å². The fraction of sp³-hybridized carbons (Fsp3) is 0.667. The van der Waals surface area contributed by atoms with Crippen LogP contribution in [0, 0.1) is 11.3 Å². The second-order valence-electron chi connectivity index (χ2n) is 7.77. The average Bonchev–Trinajstić information content (AvgIpc) is 3.33. The van der Waals surface area contributed by atoms with E-state index < -0.39 is 5.91 Å². The van der Waals surface area contributed by atoms with Crippen molar-refractivity contribution >= 4 is 15.1 Å². The molecule has 7 heteroatoms. The van der Waals surface area contributed by atoms with Crippen LogP contribution in [-0.4, -0.2) is 39.8 Å².